The highest BCUT2D eigenvalue weighted by atomic mass is 15.1. The normalized spacial score (nSPS) is 12.7. The van der Waals surface area contributed by atoms with Gasteiger partial charge in [-0.05, 0) is 144 Å². The monoisotopic (exact) mass is 788 g/mol. The Morgan fingerprint density at radius 2 is 0.639 bits per heavy atom. The highest BCUT2D eigenvalue weighted by Gasteiger charge is 2.41. The van der Waals surface area contributed by atoms with Gasteiger partial charge in [0.25, 0.3) is 0 Å². The molecule has 0 bridgehead atoms. The van der Waals surface area contributed by atoms with Gasteiger partial charge in [0.1, 0.15) is 0 Å². The van der Waals surface area contributed by atoms with Crippen molar-refractivity contribution >= 4 is 58.4 Å². The Bertz CT molecular complexity index is 2600. The Kier molecular flexibility index (Phi) is 11.1. The molecule has 0 fully saturated rings. The zero-order chi connectivity index (χ0) is 41.8. The van der Waals surface area contributed by atoms with E-state index in [0.717, 1.165) is 47.0 Å². The summed E-state index contributed by atoms with van der Waals surface area (Å²) in [6.07, 6.45) is 10.7. The fourth-order valence-corrected chi connectivity index (χ4v) is 9.03. The lowest BCUT2D eigenvalue weighted by Gasteiger charge is -2.33. The third-order valence-corrected chi connectivity index (χ3v) is 12.5. The zero-order valence-corrected chi connectivity index (χ0v) is 35.6. The molecular formula is C59H52N2. The molecule has 0 radical (unpaired) electrons. The number of hydrogen-bond donors (Lipinski definition) is 0. The Balaban J connectivity index is 1.09. The largest absolute Gasteiger partial charge is 0.310 e. The second kappa shape index (κ2) is 17.2. The SMILES string of the molecule is CCC1(CC)c2cc(N(c3ccc(C)cc3)c3ccc(C=Cc4ccccc4)cc3)ccc2-c2ccc(N(c3ccc(C)cc3)c3ccc(C=Cc4ccccc4)cc3)cc21. The summed E-state index contributed by atoms with van der Waals surface area (Å²) in [6.45, 7) is 9.03. The van der Waals surface area contributed by atoms with Crippen LogP contribution in [0.1, 0.15) is 71.2 Å². The Hall–Kier alpha value is -7.16. The first-order valence-electron chi connectivity index (χ1n) is 21.6. The molecule has 0 aliphatic heterocycles. The lowest BCUT2D eigenvalue weighted by atomic mass is 9.73. The average molecular weight is 789 g/mol. The predicted octanol–water partition coefficient (Wildman–Crippen LogP) is 16.7. The summed E-state index contributed by atoms with van der Waals surface area (Å²) >= 11 is 0. The number of anilines is 6. The lowest BCUT2D eigenvalue weighted by Crippen LogP contribution is -2.24. The van der Waals surface area contributed by atoms with E-state index in [9.17, 15) is 0 Å². The van der Waals surface area contributed by atoms with Crippen molar-refractivity contribution in [3.8, 4) is 11.1 Å². The van der Waals surface area contributed by atoms with Gasteiger partial charge in [-0.15, -0.1) is 0 Å². The lowest BCUT2D eigenvalue weighted by molar-refractivity contribution is 0.490. The maximum absolute atomic E-state index is 2.48. The number of aryl methyl sites for hydroxylation is 2. The van der Waals surface area contributed by atoms with E-state index in [-0.39, 0.29) is 5.41 Å². The second-order valence-corrected chi connectivity index (χ2v) is 16.3. The van der Waals surface area contributed by atoms with Crippen molar-refractivity contribution in [3.63, 3.8) is 0 Å². The van der Waals surface area contributed by atoms with E-state index in [0.29, 0.717) is 0 Å². The van der Waals surface area contributed by atoms with E-state index in [1.165, 1.54) is 55.6 Å². The van der Waals surface area contributed by atoms with Crippen molar-refractivity contribution in [3.05, 3.63) is 239 Å². The minimum absolute atomic E-state index is 0.146. The van der Waals surface area contributed by atoms with Crippen LogP contribution in [0.2, 0.25) is 0 Å². The summed E-state index contributed by atoms with van der Waals surface area (Å²) in [7, 11) is 0. The minimum Gasteiger partial charge on any atom is -0.310 e. The Morgan fingerprint density at radius 3 is 0.967 bits per heavy atom. The topological polar surface area (TPSA) is 6.48 Å². The Labute approximate surface area is 362 Å². The summed E-state index contributed by atoms with van der Waals surface area (Å²) in [4.78, 5) is 4.82. The highest BCUT2D eigenvalue weighted by Crippen LogP contribution is 2.55. The molecule has 0 atom stereocenters. The van der Waals surface area contributed by atoms with Crippen molar-refractivity contribution in [2.75, 3.05) is 9.80 Å². The van der Waals surface area contributed by atoms with Crippen LogP contribution in [-0.4, -0.2) is 0 Å². The Morgan fingerprint density at radius 1 is 0.344 bits per heavy atom. The molecule has 0 aromatic heterocycles. The first-order chi connectivity index (χ1) is 29.9. The molecule has 0 amide bonds. The molecular weight excluding hydrogens is 737 g/mol. The van der Waals surface area contributed by atoms with E-state index in [2.05, 4.69) is 256 Å². The molecule has 1 aliphatic carbocycles. The van der Waals surface area contributed by atoms with Crippen LogP contribution in [0.4, 0.5) is 34.1 Å². The molecule has 0 saturated carbocycles. The summed E-state index contributed by atoms with van der Waals surface area (Å²) in [6, 6.07) is 70.9. The van der Waals surface area contributed by atoms with Crippen molar-refractivity contribution in [1.82, 2.24) is 0 Å². The van der Waals surface area contributed by atoms with E-state index in [1.807, 2.05) is 0 Å². The molecule has 8 aromatic carbocycles. The zero-order valence-electron chi connectivity index (χ0n) is 35.6. The van der Waals surface area contributed by atoms with E-state index in [1.54, 1.807) is 0 Å². The molecule has 0 N–H and O–H groups in total. The molecule has 0 saturated heterocycles. The minimum atomic E-state index is -0.146. The number of rotatable bonds is 12. The molecule has 9 rings (SSSR count). The quantitative estimate of drug-likeness (QED) is 0.114. The van der Waals surface area contributed by atoms with E-state index < -0.39 is 0 Å². The molecule has 298 valence electrons. The summed E-state index contributed by atoms with van der Waals surface area (Å²) in [5, 5.41) is 0. The van der Waals surface area contributed by atoms with Crippen LogP contribution in [0.5, 0.6) is 0 Å². The third-order valence-electron chi connectivity index (χ3n) is 12.5. The van der Waals surface area contributed by atoms with Gasteiger partial charge < -0.3 is 9.80 Å². The van der Waals surface area contributed by atoms with Gasteiger partial charge in [-0.1, -0.05) is 171 Å². The van der Waals surface area contributed by atoms with Gasteiger partial charge in [0.05, 0.1) is 0 Å². The van der Waals surface area contributed by atoms with Crippen molar-refractivity contribution in [1.29, 1.82) is 0 Å². The highest BCUT2D eigenvalue weighted by molar-refractivity contribution is 5.89. The van der Waals surface area contributed by atoms with Crippen LogP contribution >= 0.6 is 0 Å². The van der Waals surface area contributed by atoms with Gasteiger partial charge in [0, 0.05) is 39.5 Å². The number of hydrogen-bond acceptors (Lipinski definition) is 2. The van der Waals surface area contributed by atoms with Crippen LogP contribution in [0.3, 0.4) is 0 Å². The summed E-state index contributed by atoms with van der Waals surface area (Å²) in [5.41, 5.74) is 19.4. The first-order valence-corrected chi connectivity index (χ1v) is 21.6. The predicted molar refractivity (Wildman–Crippen MR) is 263 cm³/mol. The standard InChI is InChI=1S/C59H52N2/c1-5-59(6-2)57-41-53(60(49-29-17-43(3)18-30-49)51-33-25-47(26-34-51)23-21-45-13-9-7-10-14-45)37-39-55(57)56-40-38-54(42-58(56)59)61(50-31-19-44(4)20-32-50)52-35-27-48(28-36-52)24-22-46-15-11-8-12-16-46/h7-42H,5-6H2,1-4H3. The van der Waals surface area contributed by atoms with E-state index >= 15 is 0 Å². The second-order valence-electron chi connectivity index (χ2n) is 16.3. The number of fused-ring (bicyclic) bond motifs is 3. The fourth-order valence-electron chi connectivity index (χ4n) is 9.03. The molecule has 0 heterocycles. The van der Waals surface area contributed by atoms with Crippen LogP contribution < -0.4 is 9.80 Å². The third kappa shape index (κ3) is 7.98. The van der Waals surface area contributed by atoms with Crippen molar-refractivity contribution < 1.29 is 0 Å². The molecule has 8 aromatic rings. The maximum atomic E-state index is 2.48. The molecule has 1 aliphatic rings. The number of nitrogens with zero attached hydrogens (tertiary/aromatic N) is 2. The van der Waals surface area contributed by atoms with Gasteiger partial charge in [-0.25, -0.2) is 0 Å². The number of benzene rings is 8. The van der Waals surface area contributed by atoms with Gasteiger partial charge >= 0.3 is 0 Å². The molecule has 61 heavy (non-hydrogen) atoms. The molecule has 2 heteroatoms. The van der Waals surface area contributed by atoms with E-state index in [4.69, 9.17) is 0 Å². The van der Waals surface area contributed by atoms with Gasteiger partial charge in [0.2, 0.25) is 0 Å². The smallest absolute Gasteiger partial charge is 0.0465 e. The van der Waals surface area contributed by atoms with Gasteiger partial charge in [-0.2, -0.15) is 0 Å². The summed E-state index contributed by atoms with van der Waals surface area (Å²) in [5.74, 6) is 0. The molecule has 0 unspecified atom stereocenters. The van der Waals surface area contributed by atoms with Crippen LogP contribution in [0.25, 0.3) is 35.4 Å². The first kappa shape index (κ1) is 39.3. The summed E-state index contributed by atoms with van der Waals surface area (Å²) < 4.78 is 0. The maximum Gasteiger partial charge on any atom is 0.0465 e. The van der Waals surface area contributed by atoms with Crippen molar-refractivity contribution in [2.45, 2.75) is 46.0 Å². The molecule has 2 nitrogen and oxygen atoms in total. The molecule has 0 spiro atoms. The van der Waals surface area contributed by atoms with Gasteiger partial charge in [-0.3, -0.25) is 0 Å². The van der Waals surface area contributed by atoms with Crippen LogP contribution in [0.15, 0.2) is 194 Å². The average Bonchev–Trinajstić information content (AvgIpc) is 3.59. The fraction of sp³-hybridized carbons (Fsp3) is 0.119. The van der Waals surface area contributed by atoms with Gasteiger partial charge in [0.15, 0.2) is 0 Å². The van der Waals surface area contributed by atoms with Crippen molar-refractivity contribution in [2.24, 2.45) is 0 Å². The van der Waals surface area contributed by atoms with Crippen LogP contribution in [0, 0.1) is 13.8 Å². The van der Waals surface area contributed by atoms with Crippen LogP contribution in [-0.2, 0) is 5.41 Å².